The number of aromatic nitrogens is 1. The number of fused-ring (bicyclic) bond motifs is 3. The Morgan fingerprint density at radius 2 is 2.14 bits per heavy atom. The monoisotopic (exact) mass is 318 g/mol. The number of piperidine rings is 3. The van der Waals surface area contributed by atoms with Crippen molar-refractivity contribution in [3.8, 4) is 17.1 Å². The van der Waals surface area contributed by atoms with Crippen LogP contribution in [-0.2, 0) is 0 Å². The molecular weight excluding hydrogens is 300 g/mol. The standard InChI is InChI=1S/C17H19ClN2O2/c18-13-1-2-16(15(10-13)17-3-6-19-22-17)21-11-14-9-12-4-7-20(14)8-5-12/h1-3,6,10,12,14H,4-5,7-9,11H2. The van der Waals surface area contributed by atoms with E-state index >= 15 is 0 Å². The van der Waals surface area contributed by atoms with E-state index < -0.39 is 0 Å². The van der Waals surface area contributed by atoms with Gasteiger partial charge in [-0.25, -0.2) is 0 Å². The zero-order valence-corrected chi connectivity index (χ0v) is 13.1. The first-order chi connectivity index (χ1) is 10.8. The van der Waals surface area contributed by atoms with Crippen LogP contribution in [0.25, 0.3) is 11.3 Å². The zero-order valence-electron chi connectivity index (χ0n) is 12.4. The van der Waals surface area contributed by atoms with E-state index in [1.807, 2.05) is 24.3 Å². The van der Waals surface area contributed by atoms with Crippen LogP contribution in [0, 0.1) is 5.92 Å². The Balaban J connectivity index is 1.51. The molecular formula is C17H19ClN2O2. The largest absolute Gasteiger partial charge is 0.491 e. The van der Waals surface area contributed by atoms with Crippen LogP contribution < -0.4 is 4.74 Å². The van der Waals surface area contributed by atoms with E-state index in [-0.39, 0.29) is 0 Å². The fraction of sp³-hybridized carbons (Fsp3) is 0.471. The molecule has 0 amide bonds. The molecule has 1 aromatic carbocycles. The highest BCUT2D eigenvalue weighted by Crippen LogP contribution is 2.35. The third kappa shape index (κ3) is 2.73. The van der Waals surface area contributed by atoms with E-state index in [2.05, 4.69) is 10.1 Å². The number of hydrogen-bond donors (Lipinski definition) is 0. The van der Waals surface area contributed by atoms with Crippen molar-refractivity contribution in [2.45, 2.75) is 25.3 Å². The Bertz CT molecular complexity index is 636. The van der Waals surface area contributed by atoms with Crippen molar-refractivity contribution in [2.24, 2.45) is 5.92 Å². The van der Waals surface area contributed by atoms with Gasteiger partial charge < -0.3 is 9.26 Å². The topological polar surface area (TPSA) is 38.5 Å². The van der Waals surface area contributed by atoms with Crippen molar-refractivity contribution in [1.82, 2.24) is 10.1 Å². The van der Waals surface area contributed by atoms with Crippen LogP contribution in [0.1, 0.15) is 19.3 Å². The van der Waals surface area contributed by atoms with Crippen LogP contribution >= 0.6 is 11.6 Å². The Kier molecular flexibility index (Phi) is 3.80. The highest BCUT2D eigenvalue weighted by atomic mass is 35.5. The Labute approximate surface area is 135 Å². The molecule has 3 aliphatic rings. The zero-order chi connectivity index (χ0) is 14.9. The molecule has 1 aromatic heterocycles. The molecule has 4 heterocycles. The summed E-state index contributed by atoms with van der Waals surface area (Å²) in [5.74, 6) is 2.38. The molecule has 2 bridgehead atoms. The average molecular weight is 319 g/mol. The van der Waals surface area contributed by atoms with Gasteiger partial charge in [0.2, 0.25) is 0 Å². The van der Waals surface area contributed by atoms with E-state index in [0.29, 0.717) is 16.8 Å². The molecule has 0 radical (unpaired) electrons. The quantitative estimate of drug-likeness (QED) is 0.858. The van der Waals surface area contributed by atoms with Crippen LogP contribution in [0.4, 0.5) is 0 Å². The third-order valence-electron chi connectivity index (χ3n) is 4.85. The number of rotatable bonds is 4. The maximum absolute atomic E-state index is 6.12. The first-order valence-corrected chi connectivity index (χ1v) is 8.25. The van der Waals surface area contributed by atoms with Crippen molar-refractivity contribution < 1.29 is 9.26 Å². The molecule has 1 unspecified atom stereocenters. The van der Waals surface area contributed by atoms with Crippen LogP contribution in [0.15, 0.2) is 35.0 Å². The van der Waals surface area contributed by atoms with Crippen molar-refractivity contribution in [2.75, 3.05) is 19.7 Å². The van der Waals surface area contributed by atoms with E-state index in [1.165, 1.54) is 32.4 Å². The minimum Gasteiger partial charge on any atom is -0.491 e. The van der Waals surface area contributed by atoms with Gasteiger partial charge in [-0.15, -0.1) is 0 Å². The Morgan fingerprint density at radius 1 is 1.27 bits per heavy atom. The van der Waals surface area contributed by atoms with Gasteiger partial charge in [-0.1, -0.05) is 16.8 Å². The normalized spacial score (nSPS) is 27.0. The summed E-state index contributed by atoms with van der Waals surface area (Å²) in [5, 5.41) is 4.43. The smallest absolute Gasteiger partial charge is 0.170 e. The minimum absolute atomic E-state index is 0.533. The van der Waals surface area contributed by atoms with Gasteiger partial charge >= 0.3 is 0 Å². The van der Waals surface area contributed by atoms with Crippen molar-refractivity contribution in [3.05, 3.63) is 35.5 Å². The molecule has 3 aliphatic heterocycles. The van der Waals surface area contributed by atoms with Gasteiger partial charge in [0.05, 0.1) is 11.8 Å². The van der Waals surface area contributed by atoms with Crippen LogP contribution in [-0.4, -0.2) is 35.8 Å². The summed E-state index contributed by atoms with van der Waals surface area (Å²) in [7, 11) is 0. The molecule has 0 aliphatic carbocycles. The molecule has 0 spiro atoms. The van der Waals surface area contributed by atoms with E-state index in [1.54, 1.807) is 6.20 Å². The fourth-order valence-corrected chi connectivity index (χ4v) is 3.79. The first kappa shape index (κ1) is 14.1. The molecule has 4 nitrogen and oxygen atoms in total. The minimum atomic E-state index is 0.533. The lowest BCUT2D eigenvalue weighted by Crippen LogP contribution is -2.51. The predicted molar refractivity (Wildman–Crippen MR) is 85.1 cm³/mol. The van der Waals surface area contributed by atoms with Gasteiger partial charge in [0.1, 0.15) is 12.4 Å². The molecule has 116 valence electrons. The molecule has 1 atom stereocenters. The summed E-state index contributed by atoms with van der Waals surface area (Å²) in [6.45, 7) is 3.15. The lowest BCUT2D eigenvalue weighted by molar-refractivity contribution is 0.0239. The van der Waals surface area contributed by atoms with Gasteiger partial charge in [-0.3, -0.25) is 4.90 Å². The Morgan fingerprint density at radius 3 is 2.82 bits per heavy atom. The van der Waals surface area contributed by atoms with Crippen LogP contribution in [0.2, 0.25) is 5.02 Å². The second-order valence-corrected chi connectivity index (χ2v) is 6.63. The van der Waals surface area contributed by atoms with Gasteiger partial charge in [-0.05, 0) is 56.5 Å². The Hall–Kier alpha value is -1.52. The van der Waals surface area contributed by atoms with E-state index in [0.717, 1.165) is 23.8 Å². The lowest BCUT2D eigenvalue weighted by atomic mass is 9.83. The van der Waals surface area contributed by atoms with Crippen LogP contribution in [0.3, 0.4) is 0 Å². The molecule has 5 heteroatoms. The van der Waals surface area contributed by atoms with Gasteiger partial charge in [0.25, 0.3) is 0 Å². The number of nitrogens with zero attached hydrogens (tertiary/aromatic N) is 2. The van der Waals surface area contributed by atoms with E-state index in [9.17, 15) is 0 Å². The van der Waals surface area contributed by atoms with Crippen molar-refractivity contribution >= 4 is 11.6 Å². The lowest BCUT2D eigenvalue weighted by Gasteiger charge is -2.45. The molecule has 0 saturated carbocycles. The summed E-state index contributed by atoms with van der Waals surface area (Å²) in [6, 6.07) is 7.99. The highest BCUT2D eigenvalue weighted by molar-refractivity contribution is 6.30. The summed E-state index contributed by atoms with van der Waals surface area (Å²) in [5.41, 5.74) is 0.862. The maximum Gasteiger partial charge on any atom is 0.170 e. The summed E-state index contributed by atoms with van der Waals surface area (Å²) in [4.78, 5) is 2.56. The van der Waals surface area contributed by atoms with Crippen molar-refractivity contribution in [1.29, 1.82) is 0 Å². The number of hydrogen-bond acceptors (Lipinski definition) is 4. The number of ether oxygens (including phenoxy) is 1. The van der Waals surface area contributed by atoms with Crippen LogP contribution in [0.5, 0.6) is 5.75 Å². The van der Waals surface area contributed by atoms with Gasteiger partial charge in [0.15, 0.2) is 5.76 Å². The highest BCUT2D eigenvalue weighted by Gasteiger charge is 2.33. The molecule has 22 heavy (non-hydrogen) atoms. The van der Waals surface area contributed by atoms with Gasteiger partial charge in [0, 0.05) is 17.1 Å². The molecule has 3 saturated heterocycles. The summed E-state index contributed by atoms with van der Waals surface area (Å²) >= 11 is 6.11. The SMILES string of the molecule is Clc1ccc(OCC2CC3CCN2CC3)c(-c2ccno2)c1. The second kappa shape index (κ2) is 5.94. The molecule has 3 fully saturated rings. The predicted octanol–water partition coefficient (Wildman–Crippen LogP) is 3.86. The maximum atomic E-state index is 6.12. The number of benzene rings is 1. The molecule has 2 aromatic rings. The van der Waals surface area contributed by atoms with Crippen molar-refractivity contribution in [3.63, 3.8) is 0 Å². The molecule has 0 N–H and O–H groups in total. The van der Waals surface area contributed by atoms with E-state index in [4.69, 9.17) is 20.9 Å². The molecule has 5 rings (SSSR count). The van der Waals surface area contributed by atoms with Gasteiger partial charge in [-0.2, -0.15) is 0 Å². The summed E-state index contributed by atoms with van der Waals surface area (Å²) < 4.78 is 11.4. The average Bonchev–Trinajstić information content (AvgIpc) is 3.09. The third-order valence-corrected chi connectivity index (χ3v) is 5.08. The fourth-order valence-electron chi connectivity index (χ4n) is 3.62. The summed E-state index contributed by atoms with van der Waals surface area (Å²) in [6.07, 6.45) is 5.58. The second-order valence-electron chi connectivity index (χ2n) is 6.20. The first-order valence-electron chi connectivity index (χ1n) is 7.87. The number of halogens is 1.